The maximum Gasteiger partial charge on any atom is 0.358 e. The monoisotopic (exact) mass is 287 g/mol. The second-order valence-electron chi connectivity index (χ2n) is 2.86. The van der Waals surface area contributed by atoms with E-state index in [4.69, 9.17) is 9.52 Å². The topological polar surface area (TPSA) is 63.3 Å². The van der Waals surface area contributed by atoms with Crippen molar-refractivity contribution >= 4 is 33.2 Å². The van der Waals surface area contributed by atoms with E-state index in [2.05, 4.69) is 20.9 Å². The molecule has 0 radical (unpaired) electrons. The lowest BCUT2D eigenvalue weighted by atomic mass is 10.4. The van der Waals surface area contributed by atoms with E-state index >= 15 is 0 Å². The molecular weight excluding hydrogens is 282 g/mol. The molecule has 0 aliphatic heterocycles. The number of aryl methyl sites for hydroxylation is 1. The zero-order chi connectivity index (χ0) is 11.0. The smallest absolute Gasteiger partial charge is 0.358 e. The van der Waals surface area contributed by atoms with Crippen LogP contribution in [0.4, 0.5) is 0 Å². The van der Waals surface area contributed by atoms with E-state index in [1.165, 1.54) is 11.3 Å². The molecule has 2 rings (SSSR count). The Bertz CT molecular complexity index is 517. The Hall–Kier alpha value is -1.14. The molecule has 0 aliphatic rings. The molecule has 78 valence electrons. The van der Waals surface area contributed by atoms with Gasteiger partial charge in [-0.2, -0.15) is 0 Å². The molecular formula is C9H6BrNO3S. The van der Waals surface area contributed by atoms with Crippen molar-refractivity contribution in [3.8, 4) is 10.8 Å². The van der Waals surface area contributed by atoms with Gasteiger partial charge in [-0.3, -0.25) is 0 Å². The van der Waals surface area contributed by atoms with E-state index in [9.17, 15) is 4.79 Å². The van der Waals surface area contributed by atoms with E-state index in [0.29, 0.717) is 11.7 Å². The summed E-state index contributed by atoms with van der Waals surface area (Å²) in [6, 6.07) is 1.83. The summed E-state index contributed by atoms with van der Waals surface area (Å²) >= 11 is 4.75. The van der Waals surface area contributed by atoms with E-state index in [-0.39, 0.29) is 5.69 Å². The average Bonchev–Trinajstić information content (AvgIpc) is 2.71. The van der Waals surface area contributed by atoms with Gasteiger partial charge in [0.1, 0.15) is 5.76 Å². The standard InChI is InChI=1S/C9H6BrNO3S/c1-4-7(9(12)13)11-8(14-4)6-2-5(10)3-15-6/h2-3H,1H3,(H,12,13). The molecule has 15 heavy (non-hydrogen) atoms. The molecule has 0 atom stereocenters. The van der Waals surface area contributed by atoms with E-state index < -0.39 is 5.97 Å². The zero-order valence-electron chi connectivity index (χ0n) is 7.65. The van der Waals surface area contributed by atoms with Gasteiger partial charge in [0.15, 0.2) is 5.69 Å². The van der Waals surface area contributed by atoms with Gasteiger partial charge in [-0.05, 0) is 28.9 Å². The summed E-state index contributed by atoms with van der Waals surface area (Å²) < 4.78 is 6.20. The van der Waals surface area contributed by atoms with Gasteiger partial charge >= 0.3 is 5.97 Å². The second-order valence-corrected chi connectivity index (χ2v) is 4.69. The zero-order valence-corrected chi connectivity index (χ0v) is 10.1. The SMILES string of the molecule is Cc1oc(-c2cc(Br)cs2)nc1C(=O)O. The van der Waals surface area contributed by atoms with Crippen LogP contribution in [0.1, 0.15) is 16.2 Å². The Morgan fingerprint density at radius 3 is 2.87 bits per heavy atom. The van der Waals surface area contributed by atoms with Crippen LogP contribution in [0.15, 0.2) is 20.3 Å². The molecule has 0 amide bonds. The highest BCUT2D eigenvalue weighted by Gasteiger charge is 2.17. The number of carbonyl (C=O) groups is 1. The molecule has 0 aliphatic carbocycles. The molecule has 2 heterocycles. The van der Waals surface area contributed by atoms with Crippen LogP contribution in [0.2, 0.25) is 0 Å². The minimum Gasteiger partial charge on any atom is -0.476 e. The summed E-state index contributed by atoms with van der Waals surface area (Å²) in [7, 11) is 0. The number of rotatable bonds is 2. The van der Waals surface area contributed by atoms with Crippen molar-refractivity contribution < 1.29 is 14.3 Å². The Morgan fingerprint density at radius 2 is 2.40 bits per heavy atom. The largest absolute Gasteiger partial charge is 0.476 e. The number of oxazole rings is 1. The molecule has 0 unspecified atom stereocenters. The highest BCUT2D eigenvalue weighted by molar-refractivity contribution is 9.10. The van der Waals surface area contributed by atoms with Crippen LogP contribution in [-0.4, -0.2) is 16.1 Å². The molecule has 2 aromatic rings. The van der Waals surface area contributed by atoms with Crippen molar-refractivity contribution in [1.29, 1.82) is 0 Å². The first-order valence-electron chi connectivity index (χ1n) is 4.03. The summed E-state index contributed by atoms with van der Waals surface area (Å²) in [6.07, 6.45) is 0. The number of hydrogen-bond donors (Lipinski definition) is 1. The molecule has 0 spiro atoms. The van der Waals surface area contributed by atoms with Gasteiger partial charge in [0, 0.05) is 9.85 Å². The highest BCUT2D eigenvalue weighted by Crippen LogP contribution is 2.30. The Morgan fingerprint density at radius 1 is 1.67 bits per heavy atom. The number of nitrogens with zero attached hydrogens (tertiary/aromatic N) is 1. The lowest BCUT2D eigenvalue weighted by Crippen LogP contribution is -1.98. The number of halogens is 1. The number of carboxylic acids is 1. The van der Waals surface area contributed by atoms with E-state index in [1.54, 1.807) is 6.92 Å². The van der Waals surface area contributed by atoms with Crippen LogP contribution in [-0.2, 0) is 0 Å². The minimum absolute atomic E-state index is 0.0328. The van der Waals surface area contributed by atoms with Crippen molar-refractivity contribution in [3.05, 3.63) is 27.4 Å². The summed E-state index contributed by atoms with van der Waals surface area (Å²) in [4.78, 5) is 15.5. The van der Waals surface area contributed by atoms with Crippen LogP contribution in [0, 0.1) is 6.92 Å². The number of hydrogen-bond acceptors (Lipinski definition) is 4. The summed E-state index contributed by atoms with van der Waals surface area (Å²) in [5.41, 5.74) is -0.0328. The fourth-order valence-electron chi connectivity index (χ4n) is 1.13. The van der Waals surface area contributed by atoms with Crippen LogP contribution >= 0.6 is 27.3 Å². The van der Waals surface area contributed by atoms with Gasteiger partial charge in [-0.15, -0.1) is 11.3 Å². The van der Waals surface area contributed by atoms with Crippen molar-refractivity contribution in [2.75, 3.05) is 0 Å². The third-order valence-corrected chi connectivity index (χ3v) is 3.46. The summed E-state index contributed by atoms with van der Waals surface area (Å²) in [5.74, 6) is -0.402. The molecule has 0 bridgehead atoms. The van der Waals surface area contributed by atoms with Crippen LogP contribution in [0.25, 0.3) is 10.8 Å². The number of thiophene rings is 1. The highest BCUT2D eigenvalue weighted by atomic mass is 79.9. The molecule has 4 nitrogen and oxygen atoms in total. The number of carboxylic acid groups (broad SMARTS) is 1. The van der Waals surface area contributed by atoms with Gasteiger partial charge in [0.2, 0.25) is 5.89 Å². The Labute approximate surface area is 97.7 Å². The summed E-state index contributed by atoms with van der Waals surface area (Å²) in [5, 5.41) is 10.7. The fourth-order valence-corrected chi connectivity index (χ4v) is 2.48. The van der Waals surface area contributed by atoms with Gasteiger partial charge < -0.3 is 9.52 Å². The van der Waals surface area contributed by atoms with E-state index in [0.717, 1.165) is 9.35 Å². The lowest BCUT2D eigenvalue weighted by molar-refractivity contribution is 0.0689. The molecule has 0 saturated carbocycles. The summed E-state index contributed by atoms with van der Waals surface area (Å²) in [6.45, 7) is 1.59. The molecule has 1 N–H and O–H groups in total. The maximum atomic E-state index is 10.7. The van der Waals surface area contributed by atoms with Gasteiger partial charge in [0.05, 0.1) is 4.88 Å². The molecule has 2 aromatic heterocycles. The van der Waals surface area contributed by atoms with Crippen LogP contribution < -0.4 is 0 Å². The van der Waals surface area contributed by atoms with Crippen LogP contribution in [0.5, 0.6) is 0 Å². The number of aromatic carboxylic acids is 1. The van der Waals surface area contributed by atoms with Crippen molar-refractivity contribution in [2.45, 2.75) is 6.92 Å². The van der Waals surface area contributed by atoms with Gasteiger partial charge in [-0.25, -0.2) is 9.78 Å². The first-order chi connectivity index (χ1) is 7.08. The van der Waals surface area contributed by atoms with Crippen molar-refractivity contribution in [3.63, 3.8) is 0 Å². The van der Waals surface area contributed by atoms with Crippen molar-refractivity contribution in [2.24, 2.45) is 0 Å². The van der Waals surface area contributed by atoms with Gasteiger partial charge in [-0.1, -0.05) is 0 Å². The predicted octanol–water partition coefficient (Wildman–Crippen LogP) is 3.17. The number of aromatic nitrogens is 1. The predicted molar refractivity (Wildman–Crippen MR) is 59.2 cm³/mol. The van der Waals surface area contributed by atoms with E-state index in [1.807, 2.05) is 11.4 Å². The third kappa shape index (κ3) is 1.95. The first-order valence-corrected chi connectivity index (χ1v) is 5.70. The quantitative estimate of drug-likeness (QED) is 0.921. The minimum atomic E-state index is -1.07. The third-order valence-electron chi connectivity index (χ3n) is 1.78. The average molecular weight is 288 g/mol. The molecule has 0 fully saturated rings. The Balaban J connectivity index is 2.46. The second kappa shape index (κ2) is 3.79. The molecule has 0 saturated heterocycles. The maximum absolute atomic E-state index is 10.7. The molecule has 0 aromatic carbocycles. The van der Waals surface area contributed by atoms with Gasteiger partial charge in [0.25, 0.3) is 0 Å². The normalized spacial score (nSPS) is 10.5. The fraction of sp³-hybridized carbons (Fsp3) is 0.111. The van der Waals surface area contributed by atoms with Crippen LogP contribution in [0.3, 0.4) is 0 Å². The van der Waals surface area contributed by atoms with Crippen molar-refractivity contribution in [1.82, 2.24) is 4.98 Å². The molecule has 6 heteroatoms. The lowest BCUT2D eigenvalue weighted by Gasteiger charge is -1.84. The first kappa shape index (κ1) is 10.4. The Kier molecular flexibility index (Phi) is 2.62.